The van der Waals surface area contributed by atoms with E-state index >= 15 is 0 Å². The molecule has 17 heavy (non-hydrogen) atoms. The minimum absolute atomic E-state index is 0.181. The summed E-state index contributed by atoms with van der Waals surface area (Å²) in [4.78, 5) is 4.03. The number of nitrogens with zero attached hydrogens (tertiary/aromatic N) is 1. The van der Waals surface area contributed by atoms with Crippen LogP contribution in [0, 0.1) is 0 Å². The van der Waals surface area contributed by atoms with Gasteiger partial charge in [0.25, 0.3) is 0 Å². The van der Waals surface area contributed by atoms with Gasteiger partial charge in [0.15, 0.2) is 17.5 Å². The molecule has 0 unspecified atom stereocenters. The van der Waals surface area contributed by atoms with Crippen molar-refractivity contribution in [3.05, 3.63) is 24.1 Å². The maximum absolute atomic E-state index is 10.3. The molecule has 1 aromatic heterocycles. The van der Waals surface area contributed by atoms with Gasteiger partial charge < -0.3 is 15.3 Å². The summed E-state index contributed by atoms with van der Waals surface area (Å²) in [6, 6.07) is 3.70. The van der Waals surface area contributed by atoms with Crippen molar-refractivity contribution in [1.82, 2.24) is 4.98 Å². The first-order chi connectivity index (χ1) is 8.21. The Labute approximate surface area is 99.4 Å². The van der Waals surface area contributed by atoms with Crippen LogP contribution in [0.25, 0.3) is 11.1 Å². The molecule has 0 spiro atoms. The molecule has 0 aliphatic heterocycles. The average molecular weight is 232 g/mol. The number of hydrogen-bond acceptors (Lipinski definition) is 4. The number of oxazole rings is 1. The summed E-state index contributed by atoms with van der Waals surface area (Å²) < 4.78 is 5.16. The number of hydrogen-bond donors (Lipinski definition) is 2. The lowest BCUT2D eigenvalue weighted by Crippen LogP contribution is -2.38. The molecule has 4 heteroatoms. The SMILES string of the molecule is NC1(c2ccc3ocnc3c2O)CCCCC1. The van der Waals surface area contributed by atoms with Crippen LogP contribution in [0.15, 0.2) is 22.9 Å². The zero-order chi connectivity index (χ0) is 11.9. The van der Waals surface area contributed by atoms with Gasteiger partial charge in [0.05, 0.1) is 0 Å². The maximum Gasteiger partial charge on any atom is 0.182 e. The Kier molecular flexibility index (Phi) is 2.33. The summed E-state index contributed by atoms with van der Waals surface area (Å²) in [5, 5.41) is 10.3. The average Bonchev–Trinajstić information content (AvgIpc) is 2.79. The van der Waals surface area contributed by atoms with E-state index in [9.17, 15) is 5.11 Å². The highest BCUT2D eigenvalue weighted by Gasteiger charge is 2.32. The second kappa shape index (κ2) is 3.74. The molecule has 1 aromatic carbocycles. The lowest BCUT2D eigenvalue weighted by atomic mass is 9.77. The van der Waals surface area contributed by atoms with Crippen molar-refractivity contribution in [2.75, 3.05) is 0 Å². The highest BCUT2D eigenvalue weighted by atomic mass is 16.3. The zero-order valence-electron chi connectivity index (χ0n) is 9.65. The molecule has 1 heterocycles. The van der Waals surface area contributed by atoms with Gasteiger partial charge in [0, 0.05) is 11.1 Å². The van der Waals surface area contributed by atoms with Gasteiger partial charge in [-0.3, -0.25) is 0 Å². The highest BCUT2D eigenvalue weighted by molar-refractivity contribution is 5.81. The predicted molar refractivity (Wildman–Crippen MR) is 64.6 cm³/mol. The maximum atomic E-state index is 10.3. The number of fused-ring (bicyclic) bond motifs is 1. The predicted octanol–water partition coefficient (Wildman–Crippen LogP) is 2.65. The van der Waals surface area contributed by atoms with Crippen LogP contribution in [0.1, 0.15) is 37.7 Å². The molecule has 3 N–H and O–H groups in total. The molecule has 0 saturated heterocycles. The molecule has 4 nitrogen and oxygen atoms in total. The van der Waals surface area contributed by atoms with Crippen LogP contribution < -0.4 is 5.73 Å². The molecule has 90 valence electrons. The molecule has 2 aromatic rings. The van der Waals surface area contributed by atoms with Gasteiger partial charge in [-0.15, -0.1) is 0 Å². The van der Waals surface area contributed by atoms with E-state index < -0.39 is 5.54 Å². The van der Waals surface area contributed by atoms with Gasteiger partial charge in [-0.1, -0.05) is 19.3 Å². The number of nitrogens with two attached hydrogens (primary N) is 1. The fourth-order valence-electron chi connectivity index (χ4n) is 2.77. The third-order valence-electron chi connectivity index (χ3n) is 3.76. The van der Waals surface area contributed by atoms with Crippen LogP contribution in [0.5, 0.6) is 5.75 Å². The Morgan fingerprint density at radius 3 is 2.76 bits per heavy atom. The topological polar surface area (TPSA) is 72.3 Å². The molecule has 1 fully saturated rings. The summed E-state index contributed by atoms with van der Waals surface area (Å²) in [5.41, 5.74) is 7.93. The molecule has 3 rings (SSSR count). The molecule has 0 radical (unpaired) electrons. The molecular weight excluding hydrogens is 216 g/mol. The fourth-order valence-corrected chi connectivity index (χ4v) is 2.77. The second-order valence-corrected chi connectivity index (χ2v) is 4.88. The van der Waals surface area contributed by atoms with Crippen molar-refractivity contribution < 1.29 is 9.52 Å². The first kappa shape index (κ1) is 10.6. The first-order valence-electron chi connectivity index (χ1n) is 6.05. The normalized spacial score (nSPS) is 19.6. The second-order valence-electron chi connectivity index (χ2n) is 4.88. The number of aromatic nitrogens is 1. The van der Waals surface area contributed by atoms with Gasteiger partial charge in [0.2, 0.25) is 0 Å². The van der Waals surface area contributed by atoms with Crippen LogP contribution >= 0.6 is 0 Å². The number of phenols is 1. The summed E-state index contributed by atoms with van der Waals surface area (Å²) in [7, 11) is 0. The van der Waals surface area contributed by atoms with Crippen LogP contribution in [-0.4, -0.2) is 10.1 Å². The lowest BCUT2D eigenvalue weighted by Gasteiger charge is -2.34. The van der Waals surface area contributed by atoms with Gasteiger partial charge in [-0.2, -0.15) is 0 Å². The Morgan fingerprint density at radius 2 is 2.00 bits per heavy atom. The molecular formula is C13H16N2O2. The number of aromatic hydroxyl groups is 1. The van der Waals surface area contributed by atoms with Gasteiger partial charge in [0.1, 0.15) is 5.75 Å². The monoisotopic (exact) mass is 232 g/mol. The summed E-state index contributed by atoms with van der Waals surface area (Å²) in [5.74, 6) is 0.181. The van der Waals surface area contributed by atoms with Crippen molar-refractivity contribution in [2.24, 2.45) is 5.73 Å². The van der Waals surface area contributed by atoms with Crippen molar-refractivity contribution in [1.29, 1.82) is 0 Å². The molecule has 0 amide bonds. The Morgan fingerprint density at radius 1 is 1.24 bits per heavy atom. The van der Waals surface area contributed by atoms with E-state index in [-0.39, 0.29) is 5.75 Å². The van der Waals surface area contributed by atoms with Crippen LogP contribution in [-0.2, 0) is 5.54 Å². The molecule has 1 aliphatic carbocycles. The minimum atomic E-state index is -0.407. The van der Waals surface area contributed by atoms with E-state index in [0.29, 0.717) is 11.1 Å². The van der Waals surface area contributed by atoms with Crippen LogP contribution in [0.3, 0.4) is 0 Å². The molecule has 1 saturated carbocycles. The standard InChI is InChI=1S/C13H16N2O2/c14-13(6-2-1-3-7-13)9-4-5-10-11(12(9)16)15-8-17-10/h4-5,8,16H,1-3,6-7,14H2. The Balaban J connectivity index is 2.12. The van der Waals surface area contributed by atoms with E-state index in [0.717, 1.165) is 31.2 Å². The lowest BCUT2D eigenvalue weighted by molar-refractivity contribution is 0.293. The van der Waals surface area contributed by atoms with Crippen molar-refractivity contribution in [3.63, 3.8) is 0 Å². The Bertz CT molecular complexity index is 541. The van der Waals surface area contributed by atoms with E-state index in [4.69, 9.17) is 10.2 Å². The van der Waals surface area contributed by atoms with Crippen LogP contribution in [0.2, 0.25) is 0 Å². The van der Waals surface area contributed by atoms with Crippen molar-refractivity contribution in [2.45, 2.75) is 37.6 Å². The Hall–Kier alpha value is -1.55. The fraction of sp³-hybridized carbons (Fsp3) is 0.462. The number of benzene rings is 1. The molecule has 0 bridgehead atoms. The smallest absolute Gasteiger partial charge is 0.182 e. The third kappa shape index (κ3) is 1.60. The summed E-state index contributed by atoms with van der Waals surface area (Å²) in [6.07, 6.45) is 6.65. The quantitative estimate of drug-likeness (QED) is 0.792. The number of phenolic OH excluding ortho intramolecular Hbond substituents is 1. The summed E-state index contributed by atoms with van der Waals surface area (Å²) in [6.45, 7) is 0. The summed E-state index contributed by atoms with van der Waals surface area (Å²) >= 11 is 0. The number of rotatable bonds is 1. The van der Waals surface area contributed by atoms with Gasteiger partial charge >= 0.3 is 0 Å². The van der Waals surface area contributed by atoms with Crippen molar-refractivity contribution >= 4 is 11.1 Å². The van der Waals surface area contributed by atoms with E-state index in [1.165, 1.54) is 12.8 Å². The first-order valence-corrected chi connectivity index (χ1v) is 6.05. The van der Waals surface area contributed by atoms with E-state index in [1.54, 1.807) is 0 Å². The highest BCUT2D eigenvalue weighted by Crippen LogP contribution is 2.41. The van der Waals surface area contributed by atoms with E-state index in [2.05, 4.69) is 4.98 Å². The molecule has 1 aliphatic rings. The zero-order valence-corrected chi connectivity index (χ0v) is 9.65. The third-order valence-corrected chi connectivity index (χ3v) is 3.76. The van der Waals surface area contributed by atoms with Gasteiger partial charge in [-0.25, -0.2) is 4.98 Å². The van der Waals surface area contributed by atoms with Gasteiger partial charge in [-0.05, 0) is 25.0 Å². The minimum Gasteiger partial charge on any atom is -0.505 e. The molecule has 0 atom stereocenters. The largest absolute Gasteiger partial charge is 0.505 e. The van der Waals surface area contributed by atoms with Crippen LogP contribution in [0.4, 0.5) is 0 Å². The van der Waals surface area contributed by atoms with Crippen molar-refractivity contribution in [3.8, 4) is 5.75 Å². The van der Waals surface area contributed by atoms with E-state index in [1.807, 2.05) is 12.1 Å².